The van der Waals surface area contributed by atoms with Gasteiger partial charge in [0.15, 0.2) is 5.43 Å². The van der Waals surface area contributed by atoms with Crippen LogP contribution in [0.25, 0.3) is 5.52 Å². The molecule has 0 atom stereocenters. The quantitative estimate of drug-likeness (QED) is 0.724. The maximum absolute atomic E-state index is 11.7. The number of fused-ring (bicyclic) bond motifs is 1. The minimum atomic E-state index is 0.0282. The molecule has 1 aliphatic rings. The molecule has 5 heteroatoms. The summed E-state index contributed by atoms with van der Waals surface area (Å²) >= 11 is 1.77. The minimum Gasteiger partial charge on any atom is -0.367 e. The van der Waals surface area contributed by atoms with Crippen LogP contribution in [0.4, 0.5) is 5.69 Å². The first-order chi connectivity index (χ1) is 12.2. The lowest BCUT2D eigenvalue weighted by Gasteiger charge is -2.34. The van der Waals surface area contributed by atoms with Crippen molar-refractivity contribution in [3.05, 3.63) is 71.1 Å². The van der Waals surface area contributed by atoms with Crippen molar-refractivity contribution in [2.24, 2.45) is 0 Å². The van der Waals surface area contributed by atoms with E-state index in [1.54, 1.807) is 23.9 Å². The van der Waals surface area contributed by atoms with Crippen LogP contribution in [0.1, 0.15) is 0 Å². The SMILES string of the molecule is CN1CCN(c2cn3ccc(=O)ccc3c2Sc2ccccc2)CC1. The number of hydrogen-bond donors (Lipinski definition) is 0. The molecule has 0 unspecified atom stereocenters. The normalized spacial score (nSPS) is 15.6. The Morgan fingerprint density at radius 1 is 0.920 bits per heavy atom. The fourth-order valence-electron chi connectivity index (χ4n) is 3.15. The van der Waals surface area contributed by atoms with Crippen LogP contribution in [0.5, 0.6) is 0 Å². The molecule has 128 valence electrons. The Hall–Kier alpha value is -2.24. The zero-order valence-corrected chi connectivity index (χ0v) is 15.1. The molecular formula is C20H21N3OS. The molecule has 1 saturated heterocycles. The molecule has 0 saturated carbocycles. The van der Waals surface area contributed by atoms with Gasteiger partial charge in [-0.25, -0.2) is 0 Å². The van der Waals surface area contributed by atoms with Gasteiger partial charge in [0, 0.05) is 49.5 Å². The first-order valence-electron chi connectivity index (χ1n) is 8.52. The van der Waals surface area contributed by atoms with Crippen LogP contribution < -0.4 is 10.3 Å². The van der Waals surface area contributed by atoms with Gasteiger partial charge in [0.2, 0.25) is 0 Å². The summed E-state index contributed by atoms with van der Waals surface area (Å²) < 4.78 is 2.07. The third-order valence-corrected chi connectivity index (χ3v) is 5.75. The van der Waals surface area contributed by atoms with E-state index >= 15 is 0 Å². The molecule has 4 rings (SSSR count). The molecule has 1 aromatic carbocycles. The topological polar surface area (TPSA) is 28.0 Å². The van der Waals surface area contributed by atoms with Gasteiger partial charge in [-0.15, -0.1) is 0 Å². The molecule has 0 amide bonds. The first kappa shape index (κ1) is 16.2. The van der Waals surface area contributed by atoms with Gasteiger partial charge in [-0.2, -0.15) is 0 Å². The Morgan fingerprint density at radius 2 is 1.68 bits per heavy atom. The summed E-state index contributed by atoms with van der Waals surface area (Å²) in [6.07, 6.45) is 4.03. The molecule has 0 bridgehead atoms. The zero-order valence-electron chi connectivity index (χ0n) is 14.3. The van der Waals surface area contributed by atoms with E-state index in [1.807, 2.05) is 18.3 Å². The molecule has 0 aliphatic carbocycles. The van der Waals surface area contributed by atoms with Crippen molar-refractivity contribution in [1.82, 2.24) is 9.30 Å². The van der Waals surface area contributed by atoms with Crippen LogP contribution in [0.2, 0.25) is 0 Å². The first-order valence-corrected chi connectivity index (χ1v) is 9.34. The number of piperazine rings is 1. The van der Waals surface area contributed by atoms with Crippen LogP contribution in [-0.2, 0) is 0 Å². The Labute approximate surface area is 151 Å². The third-order valence-electron chi connectivity index (χ3n) is 4.62. The lowest BCUT2D eigenvalue weighted by molar-refractivity contribution is 0.312. The van der Waals surface area contributed by atoms with Crippen molar-refractivity contribution in [3.8, 4) is 0 Å². The monoisotopic (exact) mass is 351 g/mol. The van der Waals surface area contributed by atoms with Crippen molar-refractivity contribution < 1.29 is 0 Å². The van der Waals surface area contributed by atoms with Crippen molar-refractivity contribution in [2.75, 3.05) is 38.1 Å². The molecule has 2 aromatic heterocycles. The Balaban J connectivity index is 1.82. The molecule has 1 aliphatic heterocycles. The predicted molar refractivity (Wildman–Crippen MR) is 104 cm³/mol. The highest BCUT2D eigenvalue weighted by atomic mass is 32.2. The molecule has 25 heavy (non-hydrogen) atoms. The van der Waals surface area contributed by atoms with E-state index in [0.717, 1.165) is 31.7 Å². The van der Waals surface area contributed by atoms with Crippen molar-refractivity contribution >= 4 is 23.0 Å². The second-order valence-electron chi connectivity index (χ2n) is 6.39. The Kier molecular flexibility index (Phi) is 4.51. The number of anilines is 1. The summed E-state index contributed by atoms with van der Waals surface area (Å²) in [5.74, 6) is 0. The van der Waals surface area contributed by atoms with Gasteiger partial charge >= 0.3 is 0 Å². The maximum atomic E-state index is 11.7. The number of aromatic nitrogens is 1. The summed E-state index contributed by atoms with van der Waals surface area (Å²) in [5.41, 5.74) is 2.35. The Bertz CT molecular complexity index is 931. The third kappa shape index (κ3) is 3.43. The van der Waals surface area contributed by atoms with Gasteiger partial charge in [-0.1, -0.05) is 30.0 Å². The summed E-state index contributed by atoms with van der Waals surface area (Å²) in [4.78, 5) is 19.0. The molecule has 3 aromatic rings. The molecular weight excluding hydrogens is 330 g/mol. The van der Waals surface area contributed by atoms with Gasteiger partial charge in [0.1, 0.15) is 0 Å². The number of likely N-dealkylation sites (N-methyl/N-ethyl adjacent to an activating group) is 1. The summed E-state index contributed by atoms with van der Waals surface area (Å²) in [6.45, 7) is 4.18. The molecule has 3 heterocycles. The average molecular weight is 351 g/mol. The smallest absolute Gasteiger partial charge is 0.180 e. The zero-order chi connectivity index (χ0) is 17.2. The molecule has 0 N–H and O–H groups in total. The second-order valence-corrected chi connectivity index (χ2v) is 7.48. The average Bonchev–Trinajstić information content (AvgIpc) is 2.86. The van der Waals surface area contributed by atoms with Crippen LogP contribution in [0.3, 0.4) is 0 Å². The predicted octanol–water partition coefficient (Wildman–Crippen LogP) is 3.20. The van der Waals surface area contributed by atoms with Crippen LogP contribution in [0.15, 0.2) is 75.5 Å². The van der Waals surface area contributed by atoms with Crippen LogP contribution in [-0.4, -0.2) is 42.5 Å². The standard InChI is InChI=1S/C20H21N3OS/c1-21-11-13-22(14-12-21)19-15-23-10-9-16(24)7-8-18(23)20(19)25-17-5-3-2-4-6-17/h2-10,15H,11-14H2,1H3. The Morgan fingerprint density at radius 3 is 2.44 bits per heavy atom. The van der Waals surface area contributed by atoms with Gasteiger partial charge in [-0.3, -0.25) is 4.79 Å². The largest absolute Gasteiger partial charge is 0.367 e. The fourth-order valence-corrected chi connectivity index (χ4v) is 4.24. The van der Waals surface area contributed by atoms with E-state index in [-0.39, 0.29) is 5.43 Å². The van der Waals surface area contributed by atoms with E-state index in [9.17, 15) is 4.79 Å². The minimum absolute atomic E-state index is 0.0282. The van der Waals surface area contributed by atoms with Gasteiger partial charge in [-0.05, 0) is 31.3 Å². The molecule has 4 nitrogen and oxygen atoms in total. The van der Waals surface area contributed by atoms with Crippen molar-refractivity contribution in [2.45, 2.75) is 9.79 Å². The maximum Gasteiger partial charge on any atom is 0.180 e. The molecule has 1 fully saturated rings. The summed E-state index contributed by atoms with van der Waals surface area (Å²) in [6, 6.07) is 15.6. The van der Waals surface area contributed by atoms with Gasteiger partial charge in [0.25, 0.3) is 0 Å². The lowest BCUT2D eigenvalue weighted by Crippen LogP contribution is -2.44. The van der Waals surface area contributed by atoms with Gasteiger partial charge < -0.3 is 14.2 Å². The number of nitrogens with zero attached hydrogens (tertiary/aromatic N) is 3. The highest BCUT2D eigenvalue weighted by molar-refractivity contribution is 7.99. The fraction of sp³-hybridized carbons (Fsp3) is 0.250. The van der Waals surface area contributed by atoms with Crippen LogP contribution >= 0.6 is 11.8 Å². The van der Waals surface area contributed by atoms with E-state index in [0.29, 0.717) is 0 Å². The van der Waals surface area contributed by atoms with Gasteiger partial charge in [0.05, 0.1) is 16.1 Å². The van der Waals surface area contributed by atoms with E-state index in [2.05, 4.69) is 51.7 Å². The molecule has 0 radical (unpaired) electrons. The van der Waals surface area contributed by atoms with Crippen molar-refractivity contribution in [1.29, 1.82) is 0 Å². The summed E-state index contributed by atoms with van der Waals surface area (Å²) in [7, 11) is 2.17. The lowest BCUT2D eigenvalue weighted by atomic mass is 10.3. The number of rotatable bonds is 3. The summed E-state index contributed by atoms with van der Waals surface area (Å²) in [5, 5.41) is 0. The van der Waals surface area contributed by atoms with Crippen LogP contribution in [0, 0.1) is 0 Å². The highest BCUT2D eigenvalue weighted by Gasteiger charge is 2.20. The number of benzene rings is 1. The number of hydrogen-bond acceptors (Lipinski definition) is 4. The van der Waals surface area contributed by atoms with E-state index < -0.39 is 0 Å². The van der Waals surface area contributed by atoms with E-state index in [4.69, 9.17) is 0 Å². The molecule has 0 spiro atoms. The highest BCUT2D eigenvalue weighted by Crippen LogP contribution is 2.39. The van der Waals surface area contributed by atoms with Crippen molar-refractivity contribution in [3.63, 3.8) is 0 Å². The van der Waals surface area contributed by atoms with E-state index in [1.165, 1.54) is 15.5 Å². The second kappa shape index (κ2) is 6.94.